The first-order valence-corrected chi connectivity index (χ1v) is 7.96. The molecule has 1 fully saturated rings. The molecule has 0 aromatic carbocycles. The van der Waals surface area contributed by atoms with Gasteiger partial charge in [-0.15, -0.1) is 24.0 Å². The van der Waals surface area contributed by atoms with Crippen molar-refractivity contribution < 1.29 is 4.42 Å². The highest BCUT2D eigenvalue weighted by Crippen LogP contribution is 2.31. The van der Waals surface area contributed by atoms with E-state index in [1.807, 2.05) is 0 Å². The zero-order valence-electron chi connectivity index (χ0n) is 14.1. The van der Waals surface area contributed by atoms with Crippen LogP contribution in [0.1, 0.15) is 58.6 Å². The topological polar surface area (TPSA) is 62.5 Å². The summed E-state index contributed by atoms with van der Waals surface area (Å²) in [5.41, 5.74) is -0.0119. The van der Waals surface area contributed by atoms with E-state index in [0.717, 1.165) is 30.7 Å². The third kappa shape index (κ3) is 6.54. The van der Waals surface area contributed by atoms with Crippen LogP contribution in [0.4, 0.5) is 0 Å². The molecule has 0 unspecified atom stereocenters. The van der Waals surface area contributed by atoms with E-state index in [9.17, 15) is 0 Å². The quantitative estimate of drug-likeness (QED) is 0.421. The number of aromatic nitrogens is 1. The standard InChI is InChI=1S/C16H28N4O.HI/c1-5-17-15(18-9-8-12-6-7-12)20-11-14-19-10-13(21-14)16(2,3)4;/h10,12H,5-9,11H2,1-4H3,(H2,17,18,20);1H. The van der Waals surface area contributed by atoms with Crippen LogP contribution >= 0.6 is 24.0 Å². The van der Waals surface area contributed by atoms with E-state index >= 15 is 0 Å². The smallest absolute Gasteiger partial charge is 0.216 e. The summed E-state index contributed by atoms with van der Waals surface area (Å²) in [6.07, 6.45) is 5.82. The molecular formula is C16H29IN4O. The molecule has 22 heavy (non-hydrogen) atoms. The largest absolute Gasteiger partial charge is 0.443 e. The molecule has 1 aromatic heterocycles. The lowest BCUT2D eigenvalue weighted by molar-refractivity contribution is 0.383. The van der Waals surface area contributed by atoms with Gasteiger partial charge in [0.05, 0.1) is 6.20 Å². The van der Waals surface area contributed by atoms with Gasteiger partial charge < -0.3 is 15.1 Å². The SMILES string of the molecule is CCNC(=NCc1ncc(C(C)(C)C)o1)NCCC1CC1.I. The number of hydrogen-bond donors (Lipinski definition) is 2. The minimum atomic E-state index is -0.0119. The molecule has 126 valence electrons. The maximum absolute atomic E-state index is 5.76. The fourth-order valence-corrected chi connectivity index (χ4v) is 2.02. The number of rotatable bonds is 6. The van der Waals surface area contributed by atoms with Gasteiger partial charge in [-0.1, -0.05) is 33.6 Å². The van der Waals surface area contributed by atoms with Crippen LogP contribution in [0.25, 0.3) is 0 Å². The summed E-state index contributed by atoms with van der Waals surface area (Å²) < 4.78 is 5.76. The van der Waals surface area contributed by atoms with Crippen LogP contribution in [0.5, 0.6) is 0 Å². The van der Waals surface area contributed by atoms with E-state index < -0.39 is 0 Å². The fraction of sp³-hybridized carbons (Fsp3) is 0.750. The van der Waals surface area contributed by atoms with Crippen LogP contribution in [0.3, 0.4) is 0 Å². The van der Waals surface area contributed by atoms with Crippen molar-refractivity contribution in [2.24, 2.45) is 10.9 Å². The Morgan fingerprint density at radius 3 is 2.64 bits per heavy atom. The van der Waals surface area contributed by atoms with Gasteiger partial charge >= 0.3 is 0 Å². The van der Waals surface area contributed by atoms with Gasteiger partial charge in [0, 0.05) is 18.5 Å². The molecule has 2 rings (SSSR count). The van der Waals surface area contributed by atoms with Crippen molar-refractivity contribution >= 4 is 29.9 Å². The maximum Gasteiger partial charge on any atom is 0.216 e. The molecule has 6 heteroatoms. The van der Waals surface area contributed by atoms with E-state index in [1.54, 1.807) is 6.20 Å². The van der Waals surface area contributed by atoms with Crippen molar-refractivity contribution in [3.8, 4) is 0 Å². The molecule has 5 nitrogen and oxygen atoms in total. The maximum atomic E-state index is 5.76. The Morgan fingerprint density at radius 2 is 2.09 bits per heavy atom. The second-order valence-electron chi connectivity index (χ2n) is 6.72. The third-order valence-corrected chi connectivity index (χ3v) is 3.55. The van der Waals surface area contributed by atoms with Gasteiger partial charge in [0.1, 0.15) is 12.3 Å². The Morgan fingerprint density at radius 1 is 1.36 bits per heavy atom. The molecule has 1 heterocycles. The van der Waals surface area contributed by atoms with Crippen LogP contribution < -0.4 is 10.6 Å². The van der Waals surface area contributed by atoms with Crippen LogP contribution in [-0.4, -0.2) is 24.0 Å². The lowest BCUT2D eigenvalue weighted by atomic mass is 9.94. The van der Waals surface area contributed by atoms with Crippen LogP contribution in [0.15, 0.2) is 15.6 Å². The summed E-state index contributed by atoms with van der Waals surface area (Å²) in [5.74, 6) is 3.34. The molecule has 0 atom stereocenters. The van der Waals surface area contributed by atoms with Gasteiger partial charge in [-0.3, -0.25) is 0 Å². The summed E-state index contributed by atoms with van der Waals surface area (Å²) >= 11 is 0. The minimum Gasteiger partial charge on any atom is -0.443 e. The summed E-state index contributed by atoms with van der Waals surface area (Å²) in [5, 5.41) is 6.62. The number of aliphatic imine (C=N–C) groups is 1. The van der Waals surface area contributed by atoms with Crippen molar-refractivity contribution in [1.29, 1.82) is 0 Å². The van der Waals surface area contributed by atoms with Crippen LogP contribution in [-0.2, 0) is 12.0 Å². The fourth-order valence-electron chi connectivity index (χ4n) is 2.02. The van der Waals surface area contributed by atoms with Crippen molar-refractivity contribution in [1.82, 2.24) is 15.6 Å². The van der Waals surface area contributed by atoms with E-state index in [-0.39, 0.29) is 29.4 Å². The second kappa shape index (κ2) is 8.74. The van der Waals surface area contributed by atoms with E-state index in [0.29, 0.717) is 12.4 Å². The molecule has 0 saturated heterocycles. The number of nitrogens with zero attached hydrogens (tertiary/aromatic N) is 2. The second-order valence-corrected chi connectivity index (χ2v) is 6.72. The molecular weight excluding hydrogens is 391 g/mol. The molecule has 0 spiro atoms. The monoisotopic (exact) mass is 420 g/mol. The molecule has 0 bridgehead atoms. The Labute approximate surface area is 150 Å². The molecule has 0 amide bonds. The van der Waals surface area contributed by atoms with E-state index in [4.69, 9.17) is 4.42 Å². The highest BCUT2D eigenvalue weighted by Gasteiger charge is 2.20. The first-order chi connectivity index (χ1) is 9.99. The molecule has 1 saturated carbocycles. The van der Waals surface area contributed by atoms with E-state index in [2.05, 4.69) is 48.3 Å². The summed E-state index contributed by atoms with van der Waals surface area (Å²) in [7, 11) is 0. The first kappa shape index (κ1) is 19.3. The highest BCUT2D eigenvalue weighted by atomic mass is 127. The predicted molar refractivity (Wildman–Crippen MR) is 101 cm³/mol. The zero-order chi connectivity index (χ0) is 15.3. The number of guanidine groups is 1. The highest BCUT2D eigenvalue weighted by molar-refractivity contribution is 14.0. The first-order valence-electron chi connectivity index (χ1n) is 7.96. The molecule has 0 aliphatic heterocycles. The Bertz CT molecular complexity index is 475. The van der Waals surface area contributed by atoms with Crippen molar-refractivity contribution in [3.05, 3.63) is 17.8 Å². The van der Waals surface area contributed by atoms with Gasteiger partial charge in [0.2, 0.25) is 5.89 Å². The number of halogens is 1. The van der Waals surface area contributed by atoms with Gasteiger partial charge in [0.15, 0.2) is 5.96 Å². The molecule has 1 aliphatic carbocycles. The average Bonchev–Trinajstić information content (AvgIpc) is 3.10. The number of oxazole rings is 1. The lowest BCUT2D eigenvalue weighted by Gasteiger charge is -2.13. The third-order valence-electron chi connectivity index (χ3n) is 3.55. The summed E-state index contributed by atoms with van der Waals surface area (Å²) in [6.45, 7) is 10.7. The Kier molecular flexibility index (Phi) is 7.65. The van der Waals surface area contributed by atoms with Crippen LogP contribution in [0, 0.1) is 5.92 Å². The normalized spacial score (nSPS) is 15.4. The van der Waals surface area contributed by atoms with Crippen molar-refractivity contribution in [2.75, 3.05) is 13.1 Å². The summed E-state index contributed by atoms with van der Waals surface area (Å²) in [6, 6.07) is 0. The van der Waals surface area contributed by atoms with Crippen molar-refractivity contribution in [3.63, 3.8) is 0 Å². The molecule has 1 aromatic rings. The number of nitrogens with one attached hydrogen (secondary N) is 2. The van der Waals surface area contributed by atoms with Gasteiger partial charge in [-0.25, -0.2) is 9.98 Å². The molecule has 0 radical (unpaired) electrons. The van der Waals surface area contributed by atoms with E-state index in [1.165, 1.54) is 19.3 Å². The Balaban J connectivity index is 0.00000242. The molecule has 2 N–H and O–H groups in total. The predicted octanol–water partition coefficient (Wildman–Crippen LogP) is 3.45. The zero-order valence-corrected chi connectivity index (χ0v) is 16.4. The van der Waals surface area contributed by atoms with Gasteiger partial charge in [-0.2, -0.15) is 0 Å². The molecule has 1 aliphatic rings. The van der Waals surface area contributed by atoms with Crippen molar-refractivity contribution in [2.45, 2.75) is 58.9 Å². The van der Waals surface area contributed by atoms with Crippen LogP contribution in [0.2, 0.25) is 0 Å². The Hall–Kier alpha value is -0.790. The number of hydrogen-bond acceptors (Lipinski definition) is 3. The lowest BCUT2D eigenvalue weighted by Crippen LogP contribution is -2.37. The average molecular weight is 420 g/mol. The minimum absolute atomic E-state index is 0. The van der Waals surface area contributed by atoms with Gasteiger partial charge in [0.25, 0.3) is 0 Å². The van der Waals surface area contributed by atoms with Gasteiger partial charge in [-0.05, 0) is 19.3 Å². The summed E-state index contributed by atoms with van der Waals surface area (Å²) in [4.78, 5) is 8.84.